The highest BCUT2D eigenvalue weighted by molar-refractivity contribution is 5.52. The van der Waals surface area contributed by atoms with Gasteiger partial charge in [-0.3, -0.25) is 0 Å². The van der Waals surface area contributed by atoms with Crippen LogP contribution in [0.15, 0.2) is 18.3 Å². The first-order chi connectivity index (χ1) is 8.89. The molecule has 0 radical (unpaired) electrons. The zero-order valence-electron chi connectivity index (χ0n) is 12.3. The number of aryl methyl sites for hydroxylation is 1. The van der Waals surface area contributed by atoms with Crippen molar-refractivity contribution in [3.05, 3.63) is 35.3 Å². The summed E-state index contributed by atoms with van der Waals surface area (Å²) in [6, 6.07) is 4.31. The maximum Gasteiger partial charge on any atom is 0.140 e. The number of hydrogen-bond acceptors (Lipinski definition) is 2. The minimum absolute atomic E-state index is 0.0281. The number of nitrogens with zero attached hydrogens (tertiary/aromatic N) is 2. The molecule has 1 aliphatic rings. The molecule has 1 aliphatic carbocycles. The van der Waals surface area contributed by atoms with Gasteiger partial charge in [0.1, 0.15) is 5.65 Å². The summed E-state index contributed by atoms with van der Waals surface area (Å²) < 4.78 is 2.21. The van der Waals surface area contributed by atoms with Gasteiger partial charge in [-0.2, -0.15) is 0 Å². The first kappa shape index (κ1) is 12.7. The summed E-state index contributed by atoms with van der Waals surface area (Å²) in [5.41, 5.74) is 11.2. The van der Waals surface area contributed by atoms with Gasteiger partial charge in [0, 0.05) is 11.6 Å². The first-order valence-electron chi connectivity index (χ1n) is 7.13. The number of fused-ring (bicyclic) bond motifs is 1. The van der Waals surface area contributed by atoms with Crippen molar-refractivity contribution in [2.24, 2.45) is 11.7 Å². The van der Waals surface area contributed by atoms with Crippen LogP contribution in [-0.4, -0.2) is 9.38 Å². The summed E-state index contributed by atoms with van der Waals surface area (Å²) >= 11 is 0. The Labute approximate surface area is 114 Å². The zero-order chi connectivity index (χ0) is 13.8. The quantitative estimate of drug-likeness (QED) is 0.896. The van der Waals surface area contributed by atoms with E-state index in [2.05, 4.69) is 50.4 Å². The lowest BCUT2D eigenvalue weighted by atomic mass is 9.88. The Morgan fingerprint density at radius 3 is 2.63 bits per heavy atom. The molecule has 3 heteroatoms. The molecule has 2 aromatic rings. The molecule has 1 atom stereocenters. The molecule has 0 bridgehead atoms. The van der Waals surface area contributed by atoms with Crippen LogP contribution in [0.1, 0.15) is 56.6 Å². The first-order valence-corrected chi connectivity index (χ1v) is 7.13. The number of rotatable bonds is 2. The monoisotopic (exact) mass is 257 g/mol. The van der Waals surface area contributed by atoms with E-state index >= 15 is 0 Å². The third kappa shape index (κ3) is 2.06. The summed E-state index contributed by atoms with van der Waals surface area (Å²) in [6.07, 6.45) is 4.61. The molecule has 1 fully saturated rings. The highest BCUT2D eigenvalue weighted by Crippen LogP contribution is 2.42. The van der Waals surface area contributed by atoms with Crippen LogP contribution in [0.4, 0.5) is 0 Å². The lowest BCUT2D eigenvalue weighted by molar-refractivity contribution is 0.532. The van der Waals surface area contributed by atoms with Gasteiger partial charge in [-0.1, -0.05) is 26.8 Å². The van der Waals surface area contributed by atoms with E-state index in [9.17, 15) is 0 Å². The molecule has 3 rings (SSSR count). The molecule has 0 amide bonds. The van der Waals surface area contributed by atoms with Crippen LogP contribution >= 0.6 is 0 Å². The van der Waals surface area contributed by atoms with Crippen LogP contribution in [0.3, 0.4) is 0 Å². The number of pyridine rings is 1. The third-order valence-electron chi connectivity index (χ3n) is 4.04. The van der Waals surface area contributed by atoms with Crippen LogP contribution in [0, 0.1) is 12.8 Å². The second-order valence-corrected chi connectivity index (χ2v) is 6.84. The van der Waals surface area contributed by atoms with Crippen molar-refractivity contribution < 1.29 is 0 Å². The Morgan fingerprint density at radius 1 is 1.37 bits per heavy atom. The highest BCUT2D eigenvalue weighted by atomic mass is 15.0. The molecular formula is C16H23N3. The van der Waals surface area contributed by atoms with E-state index in [0.29, 0.717) is 5.92 Å². The number of nitrogens with two attached hydrogens (primary N) is 1. The van der Waals surface area contributed by atoms with Crippen molar-refractivity contribution in [3.8, 4) is 0 Å². The van der Waals surface area contributed by atoms with Crippen LogP contribution in [0.25, 0.3) is 5.65 Å². The lowest BCUT2D eigenvalue weighted by Crippen LogP contribution is -2.22. The standard InChI is InChI=1S/C16H23N3/c1-10-6-5-9-19-13(12(17)11-7-8-11)14(16(2,3)4)18-15(10)19/h5-6,9,11-12H,7-8,17H2,1-4H3. The van der Waals surface area contributed by atoms with Crippen LogP contribution in [0.2, 0.25) is 0 Å². The van der Waals surface area contributed by atoms with E-state index < -0.39 is 0 Å². The Balaban J connectivity index is 2.28. The number of aromatic nitrogens is 2. The van der Waals surface area contributed by atoms with Crippen LogP contribution in [0.5, 0.6) is 0 Å². The van der Waals surface area contributed by atoms with Gasteiger partial charge in [0.2, 0.25) is 0 Å². The van der Waals surface area contributed by atoms with Crippen LogP contribution in [-0.2, 0) is 5.41 Å². The van der Waals surface area contributed by atoms with Gasteiger partial charge < -0.3 is 10.1 Å². The maximum absolute atomic E-state index is 6.50. The van der Waals surface area contributed by atoms with Gasteiger partial charge >= 0.3 is 0 Å². The Bertz CT molecular complexity index is 615. The average Bonchev–Trinajstić information content (AvgIpc) is 3.07. The van der Waals surface area contributed by atoms with Gasteiger partial charge in [0.15, 0.2) is 0 Å². The molecule has 2 aromatic heterocycles. The lowest BCUT2D eigenvalue weighted by Gasteiger charge is -2.21. The third-order valence-corrected chi connectivity index (χ3v) is 4.04. The summed E-state index contributed by atoms with van der Waals surface area (Å²) in [5, 5.41) is 0. The minimum atomic E-state index is 0.0281. The molecule has 3 nitrogen and oxygen atoms in total. The van der Waals surface area contributed by atoms with Gasteiger partial charge in [-0.25, -0.2) is 4.98 Å². The number of hydrogen-bond donors (Lipinski definition) is 1. The fraction of sp³-hybridized carbons (Fsp3) is 0.562. The fourth-order valence-electron chi connectivity index (χ4n) is 2.77. The highest BCUT2D eigenvalue weighted by Gasteiger charge is 2.35. The predicted molar refractivity (Wildman–Crippen MR) is 78.3 cm³/mol. The molecule has 2 N–H and O–H groups in total. The Morgan fingerprint density at radius 2 is 2.05 bits per heavy atom. The van der Waals surface area contributed by atoms with Gasteiger partial charge in [-0.15, -0.1) is 0 Å². The summed E-state index contributed by atoms with van der Waals surface area (Å²) in [7, 11) is 0. The summed E-state index contributed by atoms with van der Waals surface area (Å²) in [6.45, 7) is 8.76. The Kier molecular flexibility index (Phi) is 2.72. The molecule has 0 saturated heterocycles. The normalized spacial score (nSPS) is 17.9. The molecule has 1 saturated carbocycles. The summed E-state index contributed by atoms with van der Waals surface area (Å²) in [4.78, 5) is 4.90. The second kappa shape index (κ2) is 4.07. The molecule has 0 aromatic carbocycles. The van der Waals surface area contributed by atoms with E-state index in [1.807, 2.05) is 0 Å². The predicted octanol–water partition coefficient (Wildman–Crippen LogP) is 3.35. The topological polar surface area (TPSA) is 43.3 Å². The van der Waals surface area contributed by atoms with Gasteiger partial charge in [0.05, 0.1) is 17.4 Å². The van der Waals surface area contributed by atoms with Crippen LogP contribution < -0.4 is 5.73 Å². The van der Waals surface area contributed by atoms with E-state index in [4.69, 9.17) is 10.7 Å². The smallest absolute Gasteiger partial charge is 0.140 e. The minimum Gasteiger partial charge on any atom is -0.322 e. The molecular weight excluding hydrogens is 234 g/mol. The van der Waals surface area contributed by atoms with E-state index in [0.717, 1.165) is 11.3 Å². The number of imidazole rings is 1. The largest absolute Gasteiger partial charge is 0.322 e. The molecule has 0 aliphatic heterocycles. The molecule has 0 spiro atoms. The van der Waals surface area contributed by atoms with E-state index in [1.165, 1.54) is 24.1 Å². The van der Waals surface area contributed by atoms with E-state index in [1.54, 1.807) is 0 Å². The molecule has 19 heavy (non-hydrogen) atoms. The van der Waals surface area contributed by atoms with Gasteiger partial charge in [0.25, 0.3) is 0 Å². The van der Waals surface area contributed by atoms with Crippen molar-refractivity contribution in [2.75, 3.05) is 0 Å². The van der Waals surface area contributed by atoms with Crippen molar-refractivity contribution in [1.29, 1.82) is 0 Å². The molecule has 1 unspecified atom stereocenters. The summed E-state index contributed by atoms with van der Waals surface area (Å²) in [5.74, 6) is 0.640. The maximum atomic E-state index is 6.50. The van der Waals surface area contributed by atoms with Crippen molar-refractivity contribution in [1.82, 2.24) is 9.38 Å². The Hall–Kier alpha value is -1.35. The molecule has 102 valence electrons. The van der Waals surface area contributed by atoms with Crippen molar-refractivity contribution in [2.45, 2.75) is 52.0 Å². The van der Waals surface area contributed by atoms with Gasteiger partial charge in [-0.05, 0) is 37.3 Å². The second-order valence-electron chi connectivity index (χ2n) is 6.84. The van der Waals surface area contributed by atoms with Crippen molar-refractivity contribution >= 4 is 5.65 Å². The average molecular weight is 257 g/mol. The molecule has 2 heterocycles. The van der Waals surface area contributed by atoms with Crippen molar-refractivity contribution in [3.63, 3.8) is 0 Å². The zero-order valence-corrected chi connectivity index (χ0v) is 12.3. The SMILES string of the molecule is Cc1cccn2c(C(N)C3CC3)c(C(C)(C)C)nc12. The van der Waals surface area contributed by atoms with E-state index in [-0.39, 0.29) is 11.5 Å². The fourth-order valence-corrected chi connectivity index (χ4v) is 2.77.